The van der Waals surface area contributed by atoms with E-state index in [0.717, 1.165) is 37.8 Å². The minimum atomic E-state index is -0.644. The Bertz CT molecular complexity index is 536. The molecule has 3 N–H and O–H groups in total. The van der Waals surface area contributed by atoms with Gasteiger partial charge in [-0.3, -0.25) is 14.9 Å². The summed E-state index contributed by atoms with van der Waals surface area (Å²) in [5.41, 5.74) is 0.114. The van der Waals surface area contributed by atoms with Crippen molar-refractivity contribution < 1.29 is 9.59 Å². The number of benzene rings is 1. The molecular weight excluding hydrogens is 290 g/mol. The van der Waals surface area contributed by atoms with E-state index in [-0.39, 0.29) is 18.4 Å². The fraction of sp³-hybridized carbons (Fsp3) is 0.444. The first-order chi connectivity index (χ1) is 11.2. The van der Waals surface area contributed by atoms with Gasteiger partial charge in [-0.05, 0) is 25.0 Å². The third-order valence-electron chi connectivity index (χ3n) is 4.19. The molecule has 124 valence electrons. The number of hydrogen-bond acceptors (Lipinski definition) is 3. The van der Waals surface area contributed by atoms with Crippen LogP contribution in [-0.4, -0.2) is 30.4 Å². The molecule has 0 heterocycles. The molecule has 23 heavy (non-hydrogen) atoms. The molecule has 0 radical (unpaired) electrons. The summed E-state index contributed by atoms with van der Waals surface area (Å²) < 4.78 is 0. The summed E-state index contributed by atoms with van der Waals surface area (Å²) in [6.45, 7) is 4.19. The lowest BCUT2D eigenvalue weighted by atomic mass is 9.80. The lowest BCUT2D eigenvalue weighted by Crippen LogP contribution is -2.59. The van der Waals surface area contributed by atoms with Gasteiger partial charge in [0.15, 0.2) is 0 Å². The van der Waals surface area contributed by atoms with Gasteiger partial charge in [-0.25, -0.2) is 0 Å². The van der Waals surface area contributed by atoms with Gasteiger partial charge < -0.3 is 10.6 Å². The highest BCUT2D eigenvalue weighted by Crippen LogP contribution is 2.28. The Morgan fingerprint density at radius 1 is 1.13 bits per heavy atom. The molecule has 0 aromatic heterocycles. The van der Waals surface area contributed by atoms with Gasteiger partial charge >= 0.3 is 0 Å². The molecule has 0 atom stereocenters. The molecule has 5 heteroatoms. The van der Waals surface area contributed by atoms with Gasteiger partial charge in [0.05, 0.1) is 12.1 Å². The first-order valence-corrected chi connectivity index (χ1v) is 8.15. The maximum Gasteiger partial charge on any atom is 0.240 e. The maximum atomic E-state index is 12.5. The van der Waals surface area contributed by atoms with E-state index in [1.165, 1.54) is 0 Å². The van der Waals surface area contributed by atoms with Crippen molar-refractivity contribution >= 4 is 17.5 Å². The Labute approximate surface area is 137 Å². The number of hydrogen-bond donors (Lipinski definition) is 3. The third kappa shape index (κ3) is 4.93. The van der Waals surface area contributed by atoms with Crippen molar-refractivity contribution in [1.82, 2.24) is 10.6 Å². The second kappa shape index (κ2) is 8.48. The van der Waals surface area contributed by atoms with Crippen LogP contribution in [0.4, 0.5) is 5.69 Å². The molecule has 0 spiro atoms. The highest BCUT2D eigenvalue weighted by molar-refractivity contribution is 5.93. The van der Waals surface area contributed by atoms with Crippen molar-refractivity contribution in [2.24, 2.45) is 0 Å². The van der Waals surface area contributed by atoms with Gasteiger partial charge in [0.25, 0.3) is 0 Å². The van der Waals surface area contributed by atoms with Crippen LogP contribution in [0.5, 0.6) is 0 Å². The largest absolute Gasteiger partial charge is 0.351 e. The second-order valence-corrected chi connectivity index (χ2v) is 5.91. The van der Waals surface area contributed by atoms with Crippen LogP contribution >= 0.6 is 0 Å². The van der Waals surface area contributed by atoms with Gasteiger partial charge in [0.1, 0.15) is 0 Å². The summed E-state index contributed by atoms with van der Waals surface area (Å²) in [5, 5.41) is 8.90. The number of nitrogens with one attached hydrogen (secondary N) is 3. The molecule has 1 saturated carbocycles. The molecule has 1 aromatic carbocycles. The SMILES string of the molecule is C=CCNC(=O)C1(NCC(=O)Nc2ccccc2)CCCCC1. The number of carbonyl (C=O) groups excluding carboxylic acids is 2. The zero-order chi connectivity index (χ0) is 16.5. The number of amides is 2. The Morgan fingerprint density at radius 3 is 2.48 bits per heavy atom. The fourth-order valence-electron chi connectivity index (χ4n) is 2.95. The van der Waals surface area contributed by atoms with E-state index in [9.17, 15) is 9.59 Å². The lowest BCUT2D eigenvalue weighted by molar-refractivity contribution is -0.129. The monoisotopic (exact) mass is 315 g/mol. The van der Waals surface area contributed by atoms with Crippen molar-refractivity contribution in [2.75, 3.05) is 18.4 Å². The molecule has 2 rings (SSSR count). The molecule has 0 saturated heterocycles. The number of anilines is 1. The van der Waals surface area contributed by atoms with Gasteiger partial charge in [0.2, 0.25) is 11.8 Å². The summed E-state index contributed by atoms with van der Waals surface area (Å²) in [5.74, 6) is -0.178. The van der Waals surface area contributed by atoms with E-state index >= 15 is 0 Å². The van der Waals surface area contributed by atoms with E-state index in [1.807, 2.05) is 30.3 Å². The van der Waals surface area contributed by atoms with Crippen molar-refractivity contribution in [2.45, 2.75) is 37.6 Å². The van der Waals surface area contributed by atoms with Crippen LogP contribution in [0.15, 0.2) is 43.0 Å². The van der Waals surface area contributed by atoms with Gasteiger partial charge in [-0.2, -0.15) is 0 Å². The van der Waals surface area contributed by atoms with Crippen LogP contribution in [0.3, 0.4) is 0 Å². The standard InChI is InChI=1S/C18H25N3O2/c1-2-13-19-17(23)18(11-7-4-8-12-18)20-14-16(22)21-15-9-5-3-6-10-15/h2-3,5-6,9-10,20H,1,4,7-8,11-14H2,(H,19,23)(H,21,22). The van der Waals surface area contributed by atoms with Crippen LogP contribution < -0.4 is 16.0 Å². The smallest absolute Gasteiger partial charge is 0.240 e. The number of carbonyl (C=O) groups is 2. The summed E-state index contributed by atoms with van der Waals surface area (Å²) >= 11 is 0. The normalized spacial score (nSPS) is 16.3. The summed E-state index contributed by atoms with van der Waals surface area (Å²) in [6.07, 6.45) is 6.30. The predicted molar refractivity (Wildman–Crippen MR) is 92.1 cm³/mol. The molecule has 0 bridgehead atoms. The Morgan fingerprint density at radius 2 is 1.83 bits per heavy atom. The highest BCUT2D eigenvalue weighted by atomic mass is 16.2. The van der Waals surface area contributed by atoms with Crippen LogP contribution in [0.1, 0.15) is 32.1 Å². The second-order valence-electron chi connectivity index (χ2n) is 5.91. The predicted octanol–water partition coefficient (Wildman–Crippen LogP) is 2.22. The fourth-order valence-corrected chi connectivity index (χ4v) is 2.95. The van der Waals surface area contributed by atoms with Crippen LogP contribution in [0.2, 0.25) is 0 Å². The van der Waals surface area contributed by atoms with Crippen molar-refractivity contribution in [1.29, 1.82) is 0 Å². The average Bonchev–Trinajstić information content (AvgIpc) is 2.59. The van der Waals surface area contributed by atoms with E-state index < -0.39 is 5.54 Å². The Balaban J connectivity index is 1.93. The lowest BCUT2D eigenvalue weighted by Gasteiger charge is -2.36. The molecule has 0 aliphatic heterocycles. The zero-order valence-corrected chi connectivity index (χ0v) is 13.4. The summed E-state index contributed by atoms with van der Waals surface area (Å²) in [7, 11) is 0. The molecule has 1 aliphatic carbocycles. The van der Waals surface area contributed by atoms with Gasteiger partial charge in [-0.15, -0.1) is 6.58 Å². The minimum Gasteiger partial charge on any atom is -0.351 e. The first-order valence-electron chi connectivity index (χ1n) is 8.15. The van der Waals surface area contributed by atoms with Crippen LogP contribution in [0.25, 0.3) is 0 Å². The van der Waals surface area contributed by atoms with Gasteiger partial charge in [-0.1, -0.05) is 43.5 Å². The van der Waals surface area contributed by atoms with Crippen LogP contribution in [0, 0.1) is 0 Å². The third-order valence-corrected chi connectivity index (χ3v) is 4.19. The molecule has 2 amide bonds. The summed E-state index contributed by atoms with van der Waals surface area (Å²) in [4.78, 5) is 24.6. The number of para-hydroxylation sites is 1. The van der Waals surface area contributed by atoms with E-state index in [0.29, 0.717) is 6.54 Å². The van der Waals surface area contributed by atoms with E-state index in [4.69, 9.17) is 0 Å². The van der Waals surface area contributed by atoms with E-state index in [1.54, 1.807) is 6.08 Å². The number of rotatable bonds is 7. The van der Waals surface area contributed by atoms with Crippen molar-refractivity contribution in [3.05, 3.63) is 43.0 Å². The van der Waals surface area contributed by atoms with Crippen molar-refractivity contribution in [3.8, 4) is 0 Å². The molecule has 1 aromatic rings. The van der Waals surface area contributed by atoms with Crippen molar-refractivity contribution in [3.63, 3.8) is 0 Å². The molecule has 1 aliphatic rings. The van der Waals surface area contributed by atoms with Crippen LogP contribution in [-0.2, 0) is 9.59 Å². The minimum absolute atomic E-state index is 0.0374. The highest BCUT2D eigenvalue weighted by Gasteiger charge is 2.39. The zero-order valence-electron chi connectivity index (χ0n) is 13.4. The summed E-state index contributed by atoms with van der Waals surface area (Å²) in [6, 6.07) is 9.31. The average molecular weight is 315 g/mol. The molecule has 1 fully saturated rings. The molecular formula is C18H25N3O2. The molecule has 0 unspecified atom stereocenters. The molecule has 5 nitrogen and oxygen atoms in total. The van der Waals surface area contributed by atoms with E-state index in [2.05, 4.69) is 22.5 Å². The Hall–Kier alpha value is -2.14. The maximum absolute atomic E-state index is 12.5. The quantitative estimate of drug-likeness (QED) is 0.676. The topological polar surface area (TPSA) is 70.2 Å². The first kappa shape index (κ1) is 17.2. The Kier molecular flexibility index (Phi) is 6.35. The van der Waals surface area contributed by atoms with Gasteiger partial charge in [0, 0.05) is 12.2 Å².